The summed E-state index contributed by atoms with van der Waals surface area (Å²) in [6, 6.07) is 0. The molecule has 0 aromatic heterocycles. The average Bonchev–Trinajstić information content (AvgIpc) is 2.41. The molecule has 0 radical (unpaired) electrons. The fraction of sp³-hybridized carbons (Fsp3) is 0.500. The molecule has 1 aromatic carbocycles. The first-order chi connectivity index (χ1) is 9.79. The Labute approximate surface area is 124 Å². The number of rotatable bonds is 3. The molecule has 114 valence electrons. The lowest BCUT2D eigenvalue weighted by atomic mass is 9.91. The summed E-state index contributed by atoms with van der Waals surface area (Å²) < 4.78 is 16.3. The van der Waals surface area contributed by atoms with Crippen LogP contribution in [-0.4, -0.2) is 18.2 Å². The Morgan fingerprint density at radius 3 is 2.48 bits per heavy atom. The predicted octanol–water partition coefficient (Wildman–Crippen LogP) is 2.75. The second-order valence-electron chi connectivity index (χ2n) is 5.56. The summed E-state index contributed by atoms with van der Waals surface area (Å²) in [5.74, 6) is 0.0339. The topological polar surface area (TPSA) is 61.8 Å². The smallest absolute Gasteiger partial charge is 0.308 e. The van der Waals surface area contributed by atoms with Gasteiger partial charge in [0.15, 0.2) is 0 Å². The van der Waals surface area contributed by atoms with E-state index in [-0.39, 0.29) is 5.97 Å². The molecule has 0 saturated heterocycles. The van der Waals surface area contributed by atoms with E-state index in [1.54, 1.807) is 6.92 Å². The van der Waals surface area contributed by atoms with Crippen LogP contribution in [0.3, 0.4) is 0 Å². The van der Waals surface area contributed by atoms with Crippen LogP contribution in [0.1, 0.15) is 42.5 Å². The van der Waals surface area contributed by atoms with Gasteiger partial charge in [-0.3, -0.25) is 9.59 Å². The van der Waals surface area contributed by atoms with E-state index >= 15 is 0 Å². The van der Waals surface area contributed by atoms with Gasteiger partial charge in [0.05, 0.1) is 0 Å². The lowest BCUT2D eigenvalue weighted by Gasteiger charge is -2.36. The van der Waals surface area contributed by atoms with Gasteiger partial charge in [0.25, 0.3) is 12.3 Å². The van der Waals surface area contributed by atoms with Crippen LogP contribution in [0.5, 0.6) is 11.5 Å². The summed E-state index contributed by atoms with van der Waals surface area (Å²) in [6.45, 7) is 9.25. The van der Waals surface area contributed by atoms with Crippen molar-refractivity contribution in [1.82, 2.24) is 0 Å². The Morgan fingerprint density at radius 1 is 1.24 bits per heavy atom. The zero-order valence-electron chi connectivity index (χ0n) is 13.0. The van der Waals surface area contributed by atoms with Crippen LogP contribution in [0.15, 0.2) is 0 Å². The highest BCUT2D eigenvalue weighted by Crippen LogP contribution is 2.43. The minimum atomic E-state index is -0.943. The van der Waals surface area contributed by atoms with Crippen LogP contribution in [0, 0.1) is 20.8 Å². The number of hydrogen-bond acceptors (Lipinski definition) is 5. The van der Waals surface area contributed by atoms with E-state index in [2.05, 4.69) is 0 Å². The summed E-state index contributed by atoms with van der Waals surface area (Å²) >= 11 is 0. The van der Waals surface area contributed by atoms with Gasteiger partial charge in [0.1, 0.15) is 11.5 Å². The summed E-state index contributed by atoms with van der Waals surface area (Å²) in [7, 11) is 0. The SMILES string of the molecule is CC(=O)Oc1c(C)c(C)c2c(c1C)CC[C@@](C)(OC=O)O2. The van der Waals surface area contributed by atoms with Crippen molar-refractivity contribution in [2.75, 3.05) is 0 Å². The van der Waals surface area contributed by atoms with Crippen molar-refractivity contribution in [1.29, 1.82) is 0 Å². The van der Waals surface area contributed by atoms with Crippen LogP contribution in [0.25, 0.3) is 0 Å². The lowest BCUT2D eigenvalue weighted by Crippen LogP contribution is -2.39. The lowest BCUT2D eigenvalue weighted by molar-refractivity contribution is -0.182. The number of carbonyl (C=O) groups is 2. The van der Waals surface area contributed by atoms with Gasteiger partial charge in [0, 0.05) is 25.8 Å². The maximum absolute atomic E-state index is 11.3. The zero-order valence-corrected chi connectivity index (χ0v) is 13.0. The number of ether oxygens (including phenoxy) is 3. The molecule has 0 N–H and O–H groups in total. The van der Waals surface area contributed by atoms with Crippen LogP contribution in [0.2, 0.25) is 0 Å². The Bertz CT molecular complexity index is 605. The highest BCUT2D eigenvalue weighted by molar-refractivity contribution is 5.72. The first-order valence-electron chi connectivity index (χ1n) is 6.90. The highest BCUT2D eigenvalue weighted by Gasteiger charge is 2.36. The number of benzene rings is 1. The second-order valence-corrected chi connectivity index (χ2v) is 5.56. The molecule has 1 aliphatic rings. The predicted molar refractivity (Wildman–Crippen MR) is 76.5 cm³/mol. The van der Waals surface area contributed by atoms with E-state index in [9.17, 15) is 9.59 Å². The third-order valence-corrected chi connectivity index (χ3v) is 4.00. The quantitative estimate of drug-likeness (QED) is 0.487. The molecule has 1 heterocycles. The molecule has 1 atom stereocenters. The van der Waals surface area contributed by atoms with Crippen LogP contribution in [-0.2, 0) is 20.7 Å². The summed E-state index contributed by atoms with van der Waals surface area (Å²) in [6.07, 6.45) is 1.25. The molecule has 1 aromatic rings. The van der Waals surface area contributed by atoms with E-state index in [1.807, 2.05) is 20.8 Å². The first kappa shape index (κ1) is 15.4. The summed E-state index contributed by atoms with van der Waals surface area (Å²) in [5, 5.41) is 0. The molecule has 2 rings (SSSR count). The third kappa shape index (κ3) is 2.73. The number of hydrogen-bond donors (Lipinski definition) is 0. The van der Waals surface area contributed by atoms with E-state index in [4.69, 9.17) is 14.2 Å². The van der Waals surface area contributed by atoms with E-state index < -0.39 is 5.79 Å². The van der Waals surface area contributed by atoms with Gasteiger partial charge in [-0.25, -0.2) is 0 Å². The van der Waals surface area contributed by atoms with Gasteiger partial charge >= 0.3 is 5.97 Å². The molecular formula is C16H20O5. The Balaban J connectivity index is 2.53. The Morgan fingerprint density at radius 2 is 1.90 bits per heavy atom. The largest absolute Gasteiger partial charge is 0.452 e. The Kier molecular flexibility index (Phi) is 3.94. The summed E-state index contributed by atoms with van der Waals surface area (Å²) in [4.78, 5) is 21.9. The number of esters is 1. The zero-order chi connectivity index (χ0) is 15.8. The van der Waals surface area contributed by atoms with Crippen molar-refractivity contribution < 1.29 is 23.8 Å². The van der Waals surface area contributed by atoms with Gasteiger partial charge < -0.3 is 14.2 Å². The number of fused-ring (bicyclic) bond motifs is 1. The van der Waals surface area contributed by atoms with Gasteiger partial charge in [-0.1, -0.05) is 0 Å². The molecule has 0 fully saturated rings. The van der Waals surface area contributed by atoms with E-state index in [0.29, 0.717) is 25.1 Å². The molecule has 21 heavy (non-hydrogen) atoms. The monoisotopic (exact) mass is 292 g/mol. The Hall–Kier alpha value is -2.04. The average molecular weight is 292 g/mol. The van der Waals surface area contributed by atoms with Gasteiger partial charge in [0.2, 0.25) is 0 Å². The molecule has 1 aliphatic heterocycles. The first-order valence-corrected chi connectivity index (χ1v) is 6.90. The fourth-order valence-corrected chi connectivity index (χ4v) is 2.70. The standard InChI is InChI=1S/C16H20O5/c1-9-10(2)15-13(11(3)14(9)20-12(4)18)6-7-16(5,21-15)19-8-17/h8H,6-7H2,1-5H3/t16-/m0/s1. The normalized spacial score (nSPS) is 20.2. The van der Waals surface area contributed by atoms with Crippen molar-refractivity contribution >= 4 is 12.4 Å². The van der Waals surface area contributed by atoms with Crippen molar-refractivity contribution in [2.45, 2.75) is 53.2 Å². The molecular weight excluding hydrogens is 272 g/mol. The van der Waals surface area contributed by atoms with Gasteiger partial charge in [-0.05, 0) is 43.9 Å². The molecule has 0 aliphatic carbocycles. The maximum atomic E-state index is 11.3. The second kappa shape index (κ2) is 5.39. The minimum Gasteiger partial charge on any atom is -0.452 e. The van der Waals surface area contributed by atoms with E-state index in [1.165, 1.54) is 6.92 Å². The minimum absolute atomic E-state index is 0.341. The fourth-order valence-electron chi connectivity index (χ4n) is 2.70. The molecule has 0 amide bonds. The number of carbonyl (C=O) groups excluding carboxylic acids is 2. The van der Waals surface area contributed by atoms with Crippen LogP contribution < -0.4 is 9.47 Å². The van der Waals surface area contributed by atoms with E-state index in [0.717, 1.165) is 28.0 Å². The van der Waals surface area contributed by atoms with Crippen LogP contribution >= 0.6 is 0 Å². The molecule has 5 nitrogen and oxygen atoms in total. The van der Waals surface area contributed by atoms with Gasteiger partial charge in [-0.15, -0.1) is 0 Å². The maximum Gasteiger partial charge on any atom is 0.308 e. The molecule has 0 unspecified atom stereocenters. The highest BCUT2D eigenvalue weighted by atomic mass is 16.7. The van der Waals surface area contributed by atoms with Crippen LogP contribution in [0.4, 0.5) is 0 Å². The molecule has 0 bridgehead atoms. The molecule has 0 spiro atoms. The van der Waals surface area contributed by atoms with Gasteiger partial charge in [-0.2, -0.15) is 0 Å². The van der Waals surface area contributed by atoms with Crippen molar-refractivity contribution in [3.63, 3.8) is 0 Å². The third-order valence-electron chi connectivity index (χ3n) is 4.00. The van der Waals surface area contributed by atoms with Crippen molar-refractivity contribution in [2.24, 2.45) is 0 Å². The molecule has 5 heteroatoms. The van der Waals surface area contributed by atoms with Crippen molar-refractivity contribution in [3.05, 3.63) is 22.3 Å². The summed E-state index contributed by atoms with van der Waals surface area (Å²) in [5.41, 5.74) is 3.65. The molecule has 0 saturated carbocycles. The van der Waals surface area contributed by atoms with Crippen molar-refractivity contribution in [3.8, 4) is 11.5 Å².